The van der Waals surface area contributed by atoms with E-state index in [-0.39, 0.29) is 6.04 Å². The quantitative estimate of drug-likeness (QED) is 0.491. The average Bonchev–Trinajstić information content (AvgIpc) is 3.30. The molecule has 3 heterocycles. The van der Waals surface area contributed by atoms with E-state index in [4.69, 9.17) is 15.9 Å². The summed E-state index contributed by atoms with van der Waals surface area (Å²) in [7, 11) is 0. The fraction of sp³-hybridized carbons (Fsp3) is 0.316. The Bertz CT molecular complexity index is 1220. The summed E-state index contributed by atoms with van der Waals surface area (Å²) in [6.07, 6.45) is 3.54. The van der Waals surface area contributed by atoms with Gasteiger partial charge in [-0.15, -0.1) is 0 Å². The second-order valence-corrected chi connectivity index (χ2v) is 8.07. The molecule has 0 spiro atoms. The Morgan fingerprint density at radius 3 is 2.86 bits per heavy atom. The summed E-state index contributed by atoms with van der Waals surface area (Å²) in [6, 6.07) is 5.76. The highest BCUT2D eigenvalue weighted by atomic mass is 32.2. The zero-order valence-electron chi connectivity index (χ0n) is 16.0. The van der Waals surface area contributed by atoms with Crippen molar-refractivity contribution in [2.24, 2.45) is 11.7 Å². The summed E-state index contributed by atoms with van der Waals surface area (Å²) >= 11 is 1.36. The first kappa shape index (κ1) is 19.2. The van der Waals surface area contributed by atoms with Gasteiger partial charge in [-0.1, -0.05) is 25.6 Å². The van der Waals surface area contributed by atoms with Crippen molar-refractivity contribution in [3.8, 4) is 6.07 Å². The van der Waals surface area contributed by atoms with Crippen LogP contribution in [-0.2, 0) is 6.54 Å². The number of imidazole rings is 1. The Balaban J connectivity index is 1.78. The summed E-state index contributed by atoms with van der Waals surface area (Å²) in [5.41, 5.74) is 15.2. The Kier molecular flexibility index (Phi) is 5.08. The molecule has 1 unspecified atom stereocenters. The van der Waals surface area contributed by atoms with E-state index < -0.39 is 0 Å². The van der Waals surface area contributed by atoms with Crippen molar-refractivity contribution in [2.75, 3.05) is 5.73 Å². The van der Waals surface area contributed by atoms with Crippen LogP contribution in [0.25, 0.3) is 22.3 Å². The number of nitrogens with two attached hydrogens (primary N) is 2. The Labute approximate surface area is 171 Å². The monoisotopic (exact) mass is 408 g/mol. The Morgan fingerprint density at radius 1 is 1.28 bits per heavy atom. The van der Waals surface area contributed by atoms with E-state index in [9.17, 15) is 5.26 Å². The molecular formula is C19H20N8OS. The first-order valence-electron chi connectivity index (χ1n) is 9.15. The van der Waals surface area contributed by atoms with Gasteiger partial charge in [0, 0.05) is 23.5 Å². The van der Waals surface area contributed by atoms with E-state index in [0.29, 0.717) is 51.3 Å². The average molecular weight is 408 g/mol. The molecule has 1 aromatic carbocycles. The second kappa shape index (κ2) is 7.69. The van der Waals surface area contributed by atoms with E-state index >= 15 is 0 Å². The van der Waals surface area contributed by atoms with E-state index in [1.165, 1.54) is 24.5 Å². The van der Waals surface area contributed by atoms with E-state index in [1.54, 1.807) is 6.07 Å². The first-order valence-corrected chi connectivity index (χ1v) is 9.97. The summed E-state index contributed by atoms with van der Waals surface area (Å²) in [4.78, 5) is 18.0. The van der Waals surface area contributed by atoms with Crippen molar-refractivity contribution < 1.29 is 4.42 Å². The molecule has 148 valence electrons. The van der Waals surface area contributed by atoms with Crippen LogP contribution in [0.15, 0.2) is 39.3 Å². The van der Waals surface area contributed by atoms with Crippen LogP contribution in [0.2, 0.25) is 0 Å². The van der Waals surface area contributed by atoms with Gasteiger partial charge in [-0.3, -0.25) is 0 Å². The third-order valence-corrected chi connectivity index (χ3v) is 5.87. The number of rotatable bonds is 6. The first-order chi connectivity index (χ1) is 14.0. The Hall–Kier alpha value is -3.16. The topological polar surface area (TPSA) is 145 Å². The molecule has 0 fully saturated rings. The summed E-state index contributed by atoms with van der Waals surface area (Å²) in [5, 5.41) is 10.2. The number of nitrogen functional groups attached to an aromatic ring is 1. The van der Waals surface area contributed by atoms with Crippen molar-refractivity contribution in [2.45, 2.75) is 42.9 Å². The lowest BCUT2D eigenvalue weighted by Gasteiger charge is -2.16. The van der Waals surface area contributed by atoms with Gasteiger partial charge >= 0.3 is 0 Å². The fourth-order valence-corrected chi connectivity index (χ4v) is 3.99. The van der Waals surface area contributed by atoms with Crippen molar-refractivity contribution in [3.05, 3.63) is 30.4 Å². The van der Waals surface area contributed by atoms with Gasteiger partial charge in [-0.2, -0.15) is 5.26 Å². The number of nitrogens with zero attached hydrogens (tertiary/aromatic N) is 6. The molecule has 0 radical (unpaired) electrons. The highest BCUT2D eigenvalue weighted by Gasteiger charge is 2.19. The SMILES string of the molecule is CC(C)C(N)CCn1c(Sc2cc3ncoc3cc2C#N)nc2c(N)ncnc21. The molecule has 10 heteroatoms. The van der Waals surface area contributed by atoms with Crippen LogP contribution in [0.4, 0.5) is 5.82 Å². The summed E-state index contributed by atoms with van der Waals surface area (Å²) < 4.78 is 7.28. The molecule has 0 amide bonds. The molecule has 0 aliphatic carbocycles. The number of hydrogen-bond donors (Lipinski definition) is 2. The maximum absolute atomic E-state index is 9.57. The van der Waals surface area contributed by atoms with Gasteiger partial charge in [0.25, 0.3) is 0 Å². The van der Waals surface area contributed by atoms with Crippen LogP contribution in [0.5, 0.6) is 0 Å². The number of nitriles is 1. The van der Waals surface area contributed by atoms with Crippen molar-refractivity contribution in [1.82, 2.24) is 24.5 Å². The van der Waals surface area contributed by atoms with Crippen molar-refractivity contribution in [1.29, 1.82) is 5.26 Å². The molecule has 3 aromatic heterocycles. The molecule has 0 bridgehead atoms. The maximum atomic E-state index is 9.57. The van der Waals surface area contributed by atoms with Crippen molar-refractivity contribution in [3.63, 3.8) is 0 Å². The number of oxazole rings is 1. The van der Waals surface area contributed by atoms with Gasteiger partial charge in [-0.05, 0) is 18.4 Å². The normalized spacial score (nSPS) is 12.7. The number of aromatic nitrogens is 5. The molecular weight excluding hydrogens is 388 g/mol. The molecule has 0 aliphatic heterocycles. The highest BCUT2D eigenvalue weighted by Crippen LogP contribution is 2.35. The van der Waals surface area contributed by atoms with Gasteiger partial charge in [0.05, 0.1) is 5.56 Å². The van der Waals surface area contributed by atoms with Gasteiger partial charge < -0.3 is 20.5 Å². The van der Waals surface area contributed by atoms with Gasteiger partial charge in [0.15, 0.2) is 34.1 Å². The third-order valence-electron chi connectivity index (χ3n) is 4.82. The lowest BCUT2D eigenvalue weighted by atomic mass is 10.0. The molecule has 4 N–H and O–H groups in total. The van der Waals surface area contributed by atoms with Gasteiger partial charge in [-0.25, -0.2) is 19.9 Å². The predicted molar refractivity (Wildman–Crippen MR) is 110 cm³/mol. The zero-order valence-corrected chi connectivity index (χ0v) is 16.8. The molecule has 9 nitrogen and oxygen atoms in total. The van der Waals surface area contributed by atoms with Crippen LogP contribution < -0.4 is 11.5 Å². The van der Waals surface area contributed by atoms with E-state index in [1.807, 2.05) is 10.6 Å². The van der Waals surface area contributed by atoms with Crippen molar-refractivity contribution >= 4 is 39.8 Å². The minimum atomic E-state index is 0.0469. The van der Waals surface area contributed by atoms with Gasteiger partial charge in [0.2, 0.25) is 0 Å². The Morgan fingerprint density at radius 2 is 2.10 bits per heavy atom. The largest absolute Gasteiger partial charge is 0.443 e. The molecule has 4 aromatic rings. The number of hydrogen-bond acceptors (Lipinski definition) is 9. The number of benzene rings is 1. The lowest BCUT2D eigenvalue weighted by Crippen LogP contribution is -2.27. The summed E-state index contributed by atoms with van der Waals surface area (Å²) in [6.45, 7) is 4.82. The van der Waals surface area contributed by atoms with E-state index in [0.717, 1.165) is 11.3 Å². The molecule has 1 atom stereocenters. The maximum Gasteiger partial charge on any atom is 0.181 e. The minimum absolute atomic E-state index is 0.0469. The molecule has 0 aliphatic rings. The lowest BCUT2D eigenvalue weighted by molar-refractivity contribution is 0.430. The minimum Gasteiger partial charge on any atom is -0.443 e. The second-order valence-electron chi connectivity index (χ2n) is 7.06. The van der Waals surface area contributed by atoms with Crippen LogP contribution in [0.1, 0.15) is 25.8 Å². The van der Waals surface area contributed by atoms with Crippen LogP contribution >= 0.6 is 11.8 Å². The van der Waals surface area contributed by atoms with Crippen LogP contribution in [0.3, 0.4) is 0 Å². The van der Waals surface area contributed by atoms with Gasteiger partial charge in [0.1, 0.15) is 17.9 Å². The smallest absolute Gasteiger partial charge is 0.181 e. The van der Waals surface area contributed by atoms with Crippen LogP contribution in [0, 0.1) is 17.2 Å². The van der Waals surface area contributed by atoms with E-state index in [2.05, 4.69) is 39.9 Å². The number of anilines is 1. The predicted octanol–water partition coefficient (Wildman–Crippen LogP) is 2.95. The van der Waals surface area contributed by atoms with Crippen LogP contribution in [-0.4, -0.2) is 30.5 Å². The summed E-state index contributed by atoms with van der Waals surface area (Å²) in [5.74, 6) is 0.677. The number of aryl methyl sites for hydroxylation is 1. The molecule has 0 saturated heterocycles. The fourth-order valence-electron chi connectivity index (χ4n) is 2.98. The highest BCUT2D eigenvalue weighted by molar-refractivity contribution is 7.99. The standard InChI is InChI=1S/C19H20N8OS/c1-10(2)12(21)3-4-27-18-16(17(22)23-8-24-18)26-19(27)29-15-6-13-14(28-9-25-13)5-11(15)7-20/h5-6,8-10,12H,3-4,21H2,1-2H3,(H2,22,23,24). The molecule has 29 heavy (non-hydrogen) atoms. The zero-order chi connectivity index (χ0) is 20.5. The molecule has 4 rings (SSSR count). The number of fused-ring (bicyclic) bond motifs is 2. The third kappa shape index (κ3) is 3.62. The molecule has 0 saturated carbocycles.